The van der Waals surface area contributed by atoms with Crippen LogP contribution in [0.2, 0.25) is 0 Å². The lowest BCUT2D eigenvalue weighted by Gasteiger charge is -2.24. The summed E-state index contributed by atoms with van der Waals surface area (Å²) in [7, 11) is 0. The first-order valence-electron chi connectivity index (χ1n) is 7.81. The summed E-state index contributed by atoms with van der Waals surface area (Å²) >= 11 is 0. The molecule has 2 aliphatic rings. The molecule has 2 aliphatic heterocycles. The summed E-state index contributed by atoms with van der Waals surface area (Å²) in [6.07, 6.45) is 8.68. The molecule has 130 valence electrons. The zero-order chi connectivity index (χ0) is 14.9. The smallest absolute Gasteiger partial charge is 0.272 e. The number of likely N-dealkylation sites (tertiary alicyclic amines) is 1. The fourth-order valence-corrected chi connectivity index (χ4v) is 3.39. The van der Waals surface area contributed by atoms with E-state index in [9.17, 15) is 4.79 Å². The van der Waals surface area contributed by atoms with Crippen LogP contribution in [0.25, 0.3) is 5.69 Å². The molecule has 2 aromatic heterocycles. The number of rotatable bonds is 2. The van der Waals surface area contributed by atoms with Crippen LogP contribution in [0.3, 0.4) is 0 Å². The second-order valence-electron chi connectivity index (χ2n) is 6.03. The van der Waals surface area contributed by atoms with E-state index in [1.165, 1.54) is 6.42 Å². The number of carbonyl (C=O) groups excluding carboxylic acids is 1. The van der Waals surface area contributed by atoms with E-state index in [0.717, 1.165) is 31.6 Å². The molecule has 8 heteroatoms. The lowest BCUT2D eigenvalue weighted by atomic mass is 10.1. The standard InChI is InChI=1S/C16H19N5O.2ClH/c22-16(20-9-5-12-2-3-13(11-20)19-12)15-10-14(4-7-17-15)21-8-1-6-18-21;;/h1,4,6-8,10,12-13,19H,2-3,5,9,11H2;2*1H. The van der Waals surface area contributed by atoms with Crippen LogP contribution in [0.4, 0.5) is 0 Å². The minimum absolute atomic E-state index is 0. The van der Waals surface area contributed by atoms with Gasteiger partial charge in [0, 0.05) is 43.8 Å². The predicted octanol–water partition coefficient (Wildman–Crippen LogP) is 2.08. The Morgan fingerprint density at radius 1 is 1.17 bits per heavy atom. The molecule has 0 spiro atoms. The van der Waals surface area contributed by atoms with Crippen LogP contribution in [0.1, 0.15) is 29.8 Å². The quantitative estimate of drug-likeness (QED) is 0.879. The number of hydrogen-bond acceptors (Lipinski definition) is 4. The van der Waals surface area contributed by atoms with E-state index >= 15 is 0 Å². The van der Waals surface area contributed by atoms with E-state index in [4.69, 9.17) is 0 Å². The topological polar surface area (TPSA) is 63.1 Å². The third-order valence-corrected chi connectivity index (χ3v) is 4.54. The number of halogens is 2. The van der Waals surface area contributed by atoms with Gasteiger partial charge in [0.2, 0.25) is 0 Å². The Kier molecular flexibility index (Phi) is 6.21. The molecule has 2 unspecified atom stereocenters. The maximum Gasteiger partial charge on any atom is 0.272 e. The molecule has 2 aromatic rings. The Bertz CT molecular complexity index is 679. The van der Waals surface area contributed by atoms with E-state index in [-0.39, 0.29) is 30.7 Å². The Morgan fingerprint density at radius 2 is 2.00 bits per heavy atom. The second-order valence-corrected chi connectivity index (χ2v) is 6.03. The molecule has 0 radical (unpaired) electrons. The normalized spacial score (nSPS) is 22.2. The van der Waals surface area contributed by atoms with Gasteiger partial charge >= 0.3 is 0 Å². The van der Waals surface area contributed by atoms with Crippen LogP contribution >= 0.6 is 24.8 Å². The Hall–Kier alpha value is -1.63. The molecule has 0 saturated carbocycles. The summed E-state index contributed by atoms with van der Waals surface area (Å²) in [6, 6.07) is 6.54. The highest BCUT2D eigenvalue weighted by Crippen LogP contribution is 2.21. The van der Waals surface area contributed by atoms with Gasteiger partial charge in [-0.15, -0.1) is 24.8 Å². The zero-order valence-electron chi connectivity index (χ0n) is 13.2. The van der Waals surface area contributed by atoms with Crippen molar-refractivity contribution in [2.45, 2.75) is 31.3 Å². The first-order chi connectivity index (χ1) is 10.8. The molecule has 2 atom stereocenters. The Labute approximate surface area is 153 Å². The molecule has 2 bridgehead atoms. The van der Waals surface area contributed by atoms with Crippen molar-refractivity contribution in [1.29, 1.82) is 0 Å². The highest BCUT2D eigenvalue weighted by molar-refractivity contribution is 5.92. The zero-order valence-corrected chi connectivity index (χ0v) is 14.8. The molecule has 6 nitrogen and oxygen atoms in total. The maximum atomic E-state index is 12.8. The monoisotopic (exact) mass is 369 g/mol. The second kappa shape index (κ2) is 7.96. The summed E-state index contributed by atoms with van der Waals surface area (Å²) in [4.78, 5) is 19.0. The number of nitrogens with one attached hydrogen (secondary N) is 1. The predicted molar refractivity (Wildman–Crippen MR) is 96.3 cm³/mol. The van der Waals surface area contributed by atoms with Gasteiger partial charge in [-0.3, -0.25) is 9.78 Å². The third kappa shape index (κ3) is 3.71. The van der Waals surface area contributed by atoms with E-state index in [1.807, 2.05) is 29.3 Å². The number of amides is 1. The molecule has 2 saturated heterocycles. The van der Waals surface area contributed by atoms with Gasteiger partial charge in [0.1, 0.15) is 5.69 Å². The first-order valence-corrected chi connectivity index (χ1v) is 7.81. The molecule has 1 N–H and O–H groups in total. The van der Waals surface area contributed by atoms with Gasteiger partial charge in [-0.2, -0.15) is 5.10 Å². The Morgan fingerprint density at radius 3 is 2.79 bits per heavy atom. The van der Waals surface area contributed by atoms with Crippen LogP contribution in [-0.4, -0.2) is 50.7 Å². The average Bonchev–Trinajstić information content (AvgIpc) is 3.17. The number of pyridine rings is 1. The number of carbonyl (C=O) groups is 1. The van der Waals surface area contributed by atoms with E-state index in [2.05, 4.69) is 15.4 Å². The van der Waals surface area contributed by atoms with Gasteiger partial charge in [-0.25, -0.2) is 4.68 Å². The lowest BCUT2D eigenvalue weighted by Crippen LogP contribution is -2.39. The fraction of sp³-hybridized carbons (Fsp3) is 0.438. The van der Waals surface area contributed by atoms with Crippen molar-refractivity contribution in [3.63, 3.8) is 0 Å². The van der Waals surface area contributed by atoms with Crippen LogP contribution in [0.15, 0.2) is 36.8 Å². The van der Waals surface area contributed by atoms with E-state index in [0.29, 0.717) is 17.8 Å². The van der Waals surface area contributed by atoms with Gasteiger partial charge in [-0.05, 0) is 37.5 Å². The van der Waals surface area contributed by atoms with Gasteiger partial charge in [-0.1, -0.05) is 0 Å². The van der Waals surface area contributed by atoms with Gasteiger partial charge in [0.15, 0.2) is 0 Å². The van der Waals surface area contributed by atoms with Gasteiger partial charge < -0.3 is 10.2 Å². The minimum atomic E-state index is 0. The summed E-state index contributed by atoms with van der Waals surface area (Å²) in [5.41, 5.74) is 1.35. The SMILES string of the molecule is Cl.Cl.O=C(c1cc(-n2cccn2)ccn1)N1CCC2CCC(C1)N2. The first kappa shape index (κ1) is 18.7. The van der Waals surface area contributed by atoms with Crippen molar-refractivity contribution in [2.24, 2.45) is 0 Å². The van der Waals surface area contributed by atoms with Crippen molar-refractivity contribution in [3.8, 4) is 5.69 Å². The highest BCUT2D eigenvalue weighted by atomic mass is 35.5. The molecular weight excluding hydrogens is 349 g/mol. The van der Waals surface area contributed by atoms with Crippen molar-refractivity contribution in [1.82, 2.24) is 25.0 Å². The summed E-state index contributed by atoms with van der Waals surface area (Å²) in [6.45, 7) is 1.59. The van der Waals surface area contributed by atoms with Crippen LogP contribution < -0.4 is 5.32 Å². The van der Waals surface area contributed by atoms with E-state index < -0.39 is 0 Å². The molecule has 0 aliphatic carbocycles. The molecule has 1 amide bonds. The third-order valence-electron chi connectivity index (χ3n) is 4.54. The molecule has 4 heterocycles. The summed E-state index contributed by atoms with van der Waals surface area (Å²) < 4.78 is 1.74. The molecular formula is C16H21Cl2N5O. The number of aromatic nitrogens is 3. The van der Waals surface area contributed by atoms with Gasteiger partial charge in [0.25, 0.3) is 5.91 Å². The Balaban J connectivity index is 0.00000104. The number of hydrogen-bond donors (Lipinski definition) is 1. The van der Waals surface area contributed by atoms with Crippen molar-refractivity contribution >= 4 is 30.7 Å². The fourth-order valence-electron chi connectivity index (χ4n) is 3.39. The molecule has 24 heavy (non-hydrogen) atoms. The van der Waals surface area contributed by atoms with Crippen LogP contribution in [0.5, 0.6) is 0 Å². The van der Waals surface area contributed by atoms with Crippen molar-refractivity contribution in [2.75, 3.05) is 13.1 Å². The van der Waals surface area contributed by atoms with Crippen molar-refractivity contribution in [3.05, 3.63) is 42.5 Å². The van der Waals surface area contributed by atoms with Crippen LogP contribution in [-0.2, 0) is 0 Å². The number of nitrogens with zero attached hydrogens (tertiary/aromatic N) is 4. The minimum Gasteiger partial charge on any atom is -0.336 e. The van der Waals surface area contributed by atoms with E-state index in [1.54, 1.807) is 17.1 Å². The average molecular weight is 370 g/mol. The number of fused-ring (bicyclic) bond motifs is 2. The largest absolute Gasteiger partial charge is 0.336 e. The van der Waals surface area contributed by atoms with Crippen molar-refractivity contribution < 1.29 is 4.79 Å². The molecule has 4 rings (SSSR count). The van der Waals surface area contributed by atoms with Crippen LogP contribution in [0, 0.1) is 0 Å². The highest BCUT2D eigenvalue weighted by Gasteiger charge is 2.31. The summed E-state index contributed by atoms with van der Waals surface area (Å²) in [5, 5.41) is 7.79. The molecule has 0 aromatic carbocycles. The lowest BCUT2D eigenvalue weighted by molar-refractivity contribution is 0.0742. The van der Waals surface area contributed by atoms with Gasteiger partial charge in [0.05, 0.1) is 5.69 Å². The molecule has 2 fully saturated rings. The summed E-state index contributed by atoms with van der Waals surface area (Å²) in [5.74, 6) is 0.0170. The maximum absolute atomic E-state index is 12.8.